The van der Waals surface area contributed by atoms with E-state index in [1.54, 1.807) is 0 Å². The quantitative estimate of drug-likeness (QED) is 0.430. The molecule has 1 aromatic rings. The lowest BCUT2D eigenvalue weighted by Crippen LogP contribution is -2.22. The Morgan fingerprint density at radius 2 is 2.25 bits per heavy atom. The highest BCUT2D eigenvalue weighted by Gasteiger charge is 2.06. The smallest absolute Gasteiger partial charge is 0.364 e. The minimum absolute atomic E-state index is 0.253. The van der Waals surface area contributed by atoms with Gasteiger partial charge in [-0.15, -0.1) is 0 Å². The first-order valence-electron chi connectivity index (χ1n) is 2.93. The summed E-state index contributed by atoms with van der Waals surface area (Å²) in [5.41, 5.74) is -0.253. The van der Waals surface area contributed by atoms with Gasteiger partial charge in [0.25, 0.3) is 0 Å². The van der Waals surface area contributed by atoms with Crippen molar-refractivity contribution in [3.8, 4) is 0 Å². The van der Waals surface area contributed by atoms with E-state index in [0.29, 0.717) is 0 Å². The molecular formula is C6H3N2O4-. The Hall–Kier alpha value is -1.98. The molecule has 0 aliphatic rings. The highest BCUT2D eigenvalue weighted by Crippen LogP contribution is 2.07. The predicted octanol–water partition coefficient (Wildman–Crippen LogP) is -0.647. The van der Waals surface area contributed by atoms with Crippen molar-refractivity contribution in [2.75, 3.05) is 0 Å². The summed E-state index contributed by atoms with van der Waals surface area (Å²) in [4.78, 5) is 22.9. The van der Waals surface area contributed by atoms with Gasteiger partial charge in [0.2, 0.25) is 0 Å². The first kappa shape index (κ1) is 8.12. The number of hydrogen-bond acceptors (Lipinski definition) is 5. The standard InChI is InChI=1S/C6H4N2O4/c9-6(10)4-1-2-7-5(3-4)8(11)12/h1-3H,(H,9,10)/p-1. The SMILES string of the molecule is O=C([O-])c1ccnc([N+](=O)[O-])c1. The van der Waals surface area contributed by atoms with Gasteiger partial charge >= 0.3 is 5.82 Å². The van der Waals surface area contributed by atoms with Crippen molar-refractivity contribution < 1.29 is 14.8 Å². The fourth-order valence-electron chi connectivity index (χ4n) is 0.645. The minimum atomic E-state index is -1.46. The number of carbonyl (C=O) groups is 1. The van der Waals surface area contributed by atoms with Gasteiger partial charge in [-0.25, -0.2) is 0 Å². The summed E-state index contributed by atoms with van der Waals surface area (Å²) in [6, 6.07) is 1.97. The molecule has 6 nitrogen and oxygen atoms in total. The van der Waals surface area contributed by atoms with Crippen LogP contribution in [0.2, 0.25) is 0 Å². The minimum Gasteiger partial charge on any atom is -0.545 e. The predicted molar refractivity (Wildman–Crippen MR) is 35.2 cm³/mol. The van der Waals surface area contributed by atoms with Gasteiger partial charge in [0.15, 0.2) is 0 Å². The van der Waals surface area contributed by atoms with Crippen molar-refractivity contribution in [2.45, 2.75) is 0 Å². The summed E-state index contributed by atoms with van der Waals surface area (Å²) >= 11 is 0. The Labute approximate surface area is 66.6 Å². The molecule has 1 heterocycles. The zero-order valence-corrected chi connectivity index (χ0v) is 5.76. The number of carboxylic acids is 1. The molecule has 1 rings (SSSR count). The number of pyridine rings is 1. The molecule has 0 atom stereocenters. The third-order valence-corrected chi connectivity index (χ3v) is 1.17. The Morgan fingerprint density at radius 3 is 2.75 bits per heavy atom. The van der Waals surface area contributed by atoms with Gasteiger partial charge in [0.1, 0.15) is 6.20 Å². The Bertz CT molecular complexity index is 307. The molecule has 0 aliphatic carbocycles. The van der Waals surface area contributed by atoms with Gasteiger partial charge < -0.3 is 20.0 Å². The molecular weight excluding hydrogens is 164 g/mol. The Kier molecular flexibility index (Phi) is 2.00. The van der Waals surface area contributed by atoms with E-state index in [0.717, 1.165) is 18.3 Å². The fraction of sp³-hybridized carbons (Fsp3) is 0. The van der Waals surface area contributed by atoms with Gasteiger partial charge in [-0.05, 0) is 16.0 Å². The van der Waals surface area contributed by atoms with Crippen LogP contribution in [0.25, 0.3) is 0 Å². The highest BCUT2D eigenvalue weighted by molar-refractivity contribution is 5.86. The first-order valence-corrected chi connectivity index (χ1v) is 2.93. The van der Waals surface area contributed by atoms with Crippen LogP contribution in [0.15, 0.2) is 18.3 Å². The van der Waals surface area contributed by atoms with Crippen LogP contribution in [0.4, 0.5) is 5.82 Å². The molecule has 0 aromatic carbocycles. The van der Waals surface area contributed by atoms with Crippen molar-refractivity contribution in [1.29, 1.82) is 0 Å². The molecule has 12 heavy (non-hydrogen) atoms. The Balaban J connectivity index is 3.12. The molecule has 0 bridgehead atoms. The molecule has 0 fully saturated rings. The van der Waals surface area contributed by atoms with Crippen LogP contribution < -0.4 is 5.11 Å². The second-order valence-electron chi connectivity index (χ2n) is 1.95. The van der Waals surface area contributed by atoms with Gasteiger partial charge in [0.05, 0.1) is 5.97 Å². The van der Waals surface area contributed by atoms with Crippen molar-refractivity contribution in [3.63, 3.8) is 0 Å². The van der Waals surface area contributed by atoms with Gasteiger partial charge in [-0.3, -0.25) is 0 Å². The number of nitro groups is 1. The number of carbonyl (C=O) groups excluding carboxylic acids is 1. The summed E-state index contributed by atoms with van der Waals surface area (Å²) in [7, 11) is 0. The number of hydrogen-bond donors (Lipinski definition) is 0. The largest absolute Gasteiger partial charge is 0.545 e. The second kappa shape index (κ2) is 2.95. The topological polar surface area (TPSA) is 96.2 Å². The monoisotopic (exact) mass is 167 g/mol. The third kappa shape index (κ3) is 1.54. The summed E-state index contributed by atoms with van der Waals surface area (Å²) < 4.78 is 0. The summed E-state index contributed by atoms with van der Waals surface area (Å²) in [5, 5.41) is 20.3. The molecule has 0 aliphatic heterocycles. The third-order valence-electron chi connectivity index (χ3n) is 1.17. The maximum atomic E-state index is 10.2. The molecule has 0 spiro atoms. The van der Waals surface area contributed by atoms with E-state index in [-0.39, 0.29) is 5.56 Å². The maximum absolute atomic E-state index is 10.2. The summed E-state index contributed by atoms with van der Waals surface area (Å²) in [6.07, 6.45) is 1.04. The molecule has 0 unspecified atom stereocenters. The first-order chi connectivity index (χ1) is 5.61. The highest BCUT2D eigenvalue weighted by atomic mass is 16.6. The number of carboxylic acid groups (broad SMARTS) is 1. The second-order valence-corrected chi connectivity index (χ2v) is 1.95. The average Bonchev–Trinajstić information content (AvgIpc) is 2.04. The van der Waals surface area contributed by atoms with Crippen molar-refractivity contribution in [1.82, 2.24) is 4.98 Å². The lowest BCUT2D eigenvalue weighted by Gasteiger charge is -1.98. The van der Waals surface area contributed by atoms with Crippen LogP contribution in [0.1, 0.15) is 10.4 Å². The van der Waals surface area contributed by atoms with E-state index in [1.165, 1.54) is 0 Å². The zero-order chi connectivity index (χ0) is 9.14. The van der Waals surface area contributed by atoms with Crippen molar-refractivity contribution in [2.24, 2.45) is 0 Å². The lowest BCUT2D eigenvalue weighted by molar-refractivity contribution is -0.389. The molecule has 0 radical (unpaired) electrons. The summed E-state index contributed by atoms with van der Waals surface area (Å²) in [5.74, 6) is -1.96. The molecule has 1 aromatic heterocycles. The van der Waals surface area contributed by atoms with Crippen LogP contribution in [-0.4, -0.2) is 15.9 Å². The van der Waals surface area contributed by atoms with Crippen LogP contribution in [0, 0.1) is 10.1 Å². The molecule has 62 valence electrons. The molecule has 0 N–H and O–H groups in total. The van der Waals surface area contributed by atoms with Crippen LogP contribution in [0.5, 0.6) is 0 Å². The molecule has 6 heteroatoms. The van der Waals surface area contributed by atoms with Gasteiger partial charge in [-0.2, -0.15) is 0 Å². The van der Waals surface area contributed by atoms with Crippen LogP contribution >= 0.6 is 0 Å². The normalized spacial score (nSPS) is 9.33. The summed E-state index contributed by atoms with van der Waals surface area (Å²) in [6.45, 7) is 0. The average molecular weight is 167 g/mol. The van der Waals surface area contributed by atoms with E-state index in [9.17, 15) is 20.0 Å². The van der Waals surface area contributed by atoms with E-state index < -0.39 is 16.7 Å². The fourth-order valence-corrected chi connectivity index (χ4v) is 0.645. The number of aromatic nitrogens is 1. The maximum Gasteiger partial charge on any atom is 0.364 e. The van der Waals surface area contributed by atoms with Crippen molar-refractivity contribution >= 4 is 11.8 Å². The number of aromatic carboxylic acids is 1. The molecule has 0 amide bonds. The van der Waals surface area contributed by atoms with E-state index in [4.69, 9.17) is 0 Å². The van der Waals surface area contributed by atoms with E-state index >= 15 is 0 Å². The van der Waals surface area contributed by atoms with E-state index in [1.807, 2.05) is 0 Å². The zero-order valence-electron chi connectivity index (χ0n) is 5.76. The number of rotatable bonds is 2. The number of nitrogens with zero attached hydrogens (tertiary/aromatic N) is 2. The lowest BCUT2D eigenvalue weighted by atomic mass is 10.3. The molecule has 0 saturated heterocycles. The Morgan fingerprint density at radius 1 is 1.58 bits per heavy atom. The molecule has 0 saturated carbocycles. The van der Waals surface area contributed by atoms with E-state index in [2.05, 4.69) is 4.98 Å². The van der Waals surface area contributed by atoms with Gasteiger partial charge in [0, 0.05) is 11.6 Å². The van der Waals surface area contributed by atoms with Gasteiger partial charge in [-0.1, -0.05) is 0 Å². The van der Waals surface area contributed by atoms with Crippen molar-refractivity contribution in [3.05, 3.63) is 34.0 Å². The van der Waals surface area contributed by atoms with Crippen LogP contribution in [0.3, 0.4) is 0 Å². The van der Waals surface area contributed by atoms with Crippen LogP contribution in [-0.2, 0) is 0 Å².